The van der Waals surface area contributed by atoms with Gasteiger partial charge >= 0.3 is 6.03 Å². The number of hydrogen-bond donors (Lipinski definition) is 2. The molecule has 0 aliphatic carbocycles. The molecule has 5 nitrogen and oxygen atoms in total. The van der Waals surface area contributed by atoms with Gasteiger partial charge in [-0.3, -0.25) is 0 Å². The summed E-state index contributed by atoms with van der Waals surface area (Å²) in [5.41, 5.74) is 2.04. The zero-order valence-electron chi connectivity index (χ0n) is 14.6. The topological polar surface area (TPSA) is 65.7 Å². The van der Waals surface area contributed by atoms with Crippen LogP contribution in [0.25, 0.3) is 0 Å². The number of aliphatic hydroxyl groups excluding tert-OH is 1. The van der Waals surface area contributed by atoms with Crippen molar-refractivity contribution in [1.82, 2.24) is 4.90 Å². The quantitative estimate of drug-likeness (QED) is 0.820. The molecule has 1 fully saturated rings. The van der Waals surface area contributed by atoms with E-state index in [4.69, 9.17) is 4.42 Å². The first-order chi connectivity index (χ1) is 12.2. The predicted octanol–water partition coefficient (Wildman–Crippen LogP) is 4.35. The molecule has 0 saturated carbocycles. The third-order valence-corrected chi connectivity index (χ3v) is 4.78. The van der Waals surface area contributed by atoms with E-state index < -0.39 is 6.10 Å². The lowest BCUT2D eigenvalue weighted by Gasteiger charge is -2.26. The van der Waals surface area contributed by atoms with Crippen LogP contribution in [0.3, 0.4) is 0 Å². The van der Waals surface area contributed by atoms with E-state index in [9.17, 15) is 9.90 Å². The fraction of sp³-hybridized carbons (Fsp3) is 0.450. The molecule has 1 saturated heterocycles. The van der Waals surface area contributed by atoms with Crippen molar-refractivity contribution in [3.05, 3.63) is 54.0 Å². The maximum absolute atomic E-state index is 12.8. The Morgan fingerprint density at radius 1 is 1.36 bits per heavy atom. The summed E-state index contributed by atoms with van der Waals surface area (Å²) in [6, 6.07) is 11.4. The van der Waals surface area contributed by atoms with Gasteiger partial charge in [0, 0.05) is 24.7 Å². The lowest BCUT2D eigenvalue weighted by Crippen LogP contribution is -2.39. The van der Waals surface area contributed by atoms with Gasteiger partial charge in [-0.05, 0) is 43.0 Å². The minimum atomic E-state index is -0.680. The first-order valence-electron chi connectivity index (χ1n) is 9.06. The second-order valence-corrected chi connectivity index (χ2v) is 6.59. The van der Waals surface area contributed by atoms with Gasteiger partial charge in [0.1, 0.15) is 11.9 Å². The van der Waals surface area contributed by atoms with Crippen LogP contribution < -0.4 is 5.32 Å². The van der Waals surface area contributed by atoms with Crippen LogP contribution in [-0.4, -0.2) is 28.6 Å². The second-order valence-electron chi connectivity index (χ2n) is 6.59. The fourth-order valence-corrected chi connectivity index (χ4v) is 3.52. The number of carbonyl (C=O) groups excluding carboxylic acids is 1. The summed E-state index contributed by atoms with van der Waals surface area (Å²) in [7, 11) is 0. The van der Waals surface area contributed by atoms with Gasteiger partial charge in [-0.25, -0.2) is 4.79 Å². The van der Waals surface area contributed by atoms with E-state index in [0.717, 1.165) is 43.5 Å². The molecule has 1 aliphatic heterocycles. The van der Waals surface area contributed by atoms with Gasteiger partial charge in [0.25, 0.3) is 0 Å². The van der Waals surface area contributed by atoms with Gasteiger partial charge in [0.2, 0.25) is 0 Å². The number of para-hydroxylation sites is 1. The van der Waals surface area contributed by atoms with Crippen molar-refractivity contribution in [1.29, 1.82) is 0 Å². The summed E-state index contributed by atoms with van der Waals surface area (Å²) in [6.07, 6.45) is 5.22. The van der Waals surface area contributed by atoms with Crippen LogP contribution in [-0.2, 0) is 6.42 Å². The molecular weight excluding hydrogens is 316 g/mol. The minimum Gasteiger partial charge on any atom is -0.467 e. The molecule has 1 aliphatic rings. The summed E-state index contributed by atoms with van der Waals surface area (Å²) < 4.78 is 5.27. The molecule has 2 atom stereocenters. The fourth-order valence-electron chi connectivity index (χ4n) is 3.52. The Hall–Kier alpha value is -2.27. The third kappa shape index (κ3) is 4.23. The van der Waals surface area contributed by atoms with Crippen LogP contribution in [0.4, 0.5) is 10.5 Å². The van der Waals surface area contributed by atoms with Crippen LogP contribution in [0.15, 0.2) is 47.1 Å². The number of benzene rings is 1. The molecule has 0 radical (unpaired) electrons. The van der Waals surface area contributed by atoms with Crippen molar-refractivity contribution >= 4 is 11.7 Å². The highest BCUT2D eigenvalue weighted by Crippen LogP contribution is 2.28. The standard InChI is InChI=1S/C20H26N2O3/c1-2-7-15-8-3-4-10-17(15)21-20(24)22-12-5-9-16(22)14-18(23)19-11-6-13-25-19/h3-4,6,8,10-11,13,16,18,23H,2,5,7,9,12,14H2,1H3,(H,21,24). The van der Waals surface area contributed by atoms with Gasteiger partial charge in [0.05, 0.1) is 6.26 Å². The summed E-state index contributed by atoms with van der Waals surface area (Å²) >= 11 is 0. The number of nitrogens with zero attached hydrogens (tertiary/aromatic N) is 1. The van der Waals surface area contributed by atoms with E-state index in [1.165, 1.54) is 0 Å². The van der Waals surface area contributed by atoms with Crippen molar-refractivity contribution in [2.24, 2.45) is 0 Å². The van der Waals surface area contributed by atoms with Crippen molar-refractivity contribution in [3.63, 3.8) is 0 Å². The Morgan fingerprint density at radius 2 is 2.20 bits per heavy atom. The number of furan rings is 1. The molecule has 2 heterocycles. The van der Waals surface area contributed by atoms with Gasteiger partial charge < -0.3 is 19.7 Å². The molecule has 2 amide bonds. The average molecular weight is 342 g/mol. The monoisotopic (exact) mass is 342 g/mol. The smallest absolute Gasteiger partial charge is 0.322 e. The first kappa shape index (κ1) is 17.5. The van der Waals surface area contributed by atoms with Crippen LogP contribution in [0, 0.1) is 0 Å². The SMILES string of the molecule is CCCc1ccccc1NC(=O)N1CCCC1CC(O)c1ccco1. The highest BCUT2D eigenvalue weighted by atomic mass is 16.4. The number of aryl methyl sites for hydroxylation is 1. The summed E-state index contributed by atoms with van der Waals surface area (Å²) in [5, 5.41) is 13.4. The predicted molar refractivity (Wildman–Crippen MR) is 97.5 cm³/mol. The van der Waals surface area contributed by atoms with Crippen molar-refractivity contribution < 1.29 is 14.3 Å². The Balaban J connectivity index is 1.65. The summed E-state index contributed by atoms with van der Waals surface area (Å²) in [6.45, 7) is 2.85. The maximum atomic E-state index is 12.8. The van der Waals surface area contributed by atoms with Crippen molar-refractivity contribution in [2.75, 3.05) is 11.9 Å². The molecule has 5 heteroatoms. The Kier molecular flexibility index (Phi) is 5.76. The van der Waals surface area contributed by atoms with Gasteiger partial charge in [-0.2, -0.15) is 0 Å². The summed E-state index contributed by atoms with van der Waals surface area (Å²) in [4.78, 5) is 14.6. The van der Waals surface area contributed by atoms with Crippen LogP contribution in [0.1, 0.15) is 50.0 Å². The van der Waals surface area contributed by atoms with E-state index >= 15 is 0 Å². The van der Waals surface area contributed by atoms with Crippen molar-refractivity contribution in [2.45, 2.75) is 51.2 Å². The van der Waals surface area contributed by atoms with Crippen molar-refractivity contribution in [3.8, 4) is 0 Å². The zero-order chi connectivity index (χ0) is 17.6. The number of urea groups is 1. The Bertz CT molecular complexity index is 684. The molecule has 3 rings (SSSR count). The summed E-state index contributed by atoms with van der Waals surface area (Å²) in [5.74, 6) is 0.556. The van der Waals surface area contributed by atoms with E-state index in [0.29, 0.717) is 12.2 Å². The minimum absolute atomic E-state index is 0.0263. The normalized spacial score (nSPS) is 18.3. The van der Waals surface area contributed by atoms with Gasteiger partial charge in [-0.1, -0.05) is 31.5 Å². The van der Waals surface area contributed by atoms with E-state index in [2.05, 4.69) is 18.3 Å². The largest absolute Gasteiger partial charge is 0.467 e. The number of likely N-dealkylation sites (tertiary alicyclic amines) is 1. The number of aliphatic hydroxyl groups is 1. The number of rotatable bonds is 6. The molecule has 134 valence electrons. The number of anilines is 1. The Morgan fingerprint density at radius 3 is 2.96 bits per heavy atom. The lowest BCUT2D eigenvalue weighted by atomic mass is 10.1. The molecule has 2 aromatic rings. The number of hydrogen-bond acceptors (Lipinski definition) is 3. The molecule has 1 aromatic carbocycles. The Labute approximate surface area is 148 Å². The number of carbonyl (C=O) groups is 1. The van der Waals surface area contributed by atoms with E-state index in [1.807, 2.05) is 23.1 Å². The number of nitrogens with one attached hydrogen (secondary N) is 1. The second kappa shape index (κ2) is 8.21. The van der Waals surface area contributed by atoms with E-state index in [-0.39, 0.29) is 12.1 Å². The van der Waals surface area contributed by atoms with Gasteiger partial charge in [-0.15, -0.1) is 0 Å². The molecule has 1 aromatic heterocycles. The third-order valence-electron chi connectivity index (χ3n) is 4.78. The number of amides is 2. The molecule has 0 spiro atoms. The van der Waals surface area contributed by atoms with Crippen LogP contribution >= 0.6 is 0 Å². The highest BCUT2D eigenvalue weighted by Gasteiger charge is 2.31. The highest BCUT2D eigenvalue weighted by molar-refractivity contribution is 5.90. The molecule has 2 unspecified atom stereocenters. The molecule has 0 bridgehead atoms. The average Bonchev–Trinajstić information content (AvgIpc) is 3.28. The van der Waals surface area contributed by atoms with Crippen LogP contribution in [0.2, 0.25) is 0 Å². The molecule has 25 heavy (non-hydrogen) atoms. The van der Waals surface area contributed by atoms with Crippen LogP contribution in [0.5, 0.6) is 0 Å². The zero-order valence-corrected chi connectivity index (χ0v) is 14.6. The first-order valence-corrected chi connectivity index (χ1v) is 9.06. The molecule has 2 N–H and O–H groups in total. The lowest BCUT2D eigenvalue weighted by molar-refractivity contribution is 0.110. The van der Waals surface area contributed by atoms with E-state index in [1.54, 1.807) is 18.4 Å². The molecular formula is C20H26N2O3. The van der Waals surface area contributed by atoms with Gasteiger partial charge in [0.15, 0.2) is 0 Å². The maximum Gasteiger partial charge on any atom is 0.322 e.